The quantitative estimate of drug-likeness (QED) is 0.598. The molecule has 1 amide bonds. The van der Waals surface area contributed by atoms with Gasteiger partial charge in [-0.15, -0.1) is 0 Å². The van der Waals surface area contributed by atoms with Crippen LogP contribution in [0.4, 0.5) is 5.69 Å². The number of ketones is 1. The van der Waals surface area contributed by atoms with E-state index in [1.165, 1.54) is 36.1 Å². The van der Waals surface area contributed by atoms with E-state index in [4.69, 9.17) is 0 Å². The number of pyridine rings is 1. The highest BCUT2D eigenvalue weighted by atomic mass is 32.2. The molecule has 0 unspecified atom stereocenters. The number of sulfonamides is 1. The fraction of sp³-hybridized carbons (Fsp3) is 0.0870. The molecule has 1 aromatic heterocycles. The van der Waals surface area contributed by atoms with Crippen molar-refractivity contribution in [3.8, 4) is 0 Å². The summed E-state index contributed by atoms with van der Waals surface area (Å²) in [4.78, 5) is 29.9. The Morgan fingerprint density at radius 3 is 2.48 bits per heavy atom. The predicted octanol–water partition coefficient (Wildman–Crippen LogP) is 3.71. The van der Waals surface area contributed by atoms with Crippen LogP contribution in [0.1, 0.15) is 38.8 Å². The third-order valence-electron chi connectivity index (χ3n) is 5.03. The van der Waals surface area contributed by atoms with E-state index >= 15 is 0 Å². The number of nitrogens with one attached hydrogen (secondary N) is 1. The number of hydrogen-bond acceptors (Lipinski definition) is 5. The molecule has 0 fully saturated rings. The Morgan fingerprint density at radius 2 is 1.84 bits per heavy atom. The van der Waals surface area contributed by atoms with Gasteiger partial charge in [-0.05, 0) is 42.8 Å². The van der Waals surface area contributed by atoms with Crippen LogP contribution in [0.3, 0.4) is 0 Å². The molecule has 2 aromatic carbocycles. The summed E-state index contributed by atoms with van der Waals surface area (Å²) in [6, 6.07) is 14.2. The summed E-state index contributed by atoms with van der Waals surface area (Å²) < 4.78 is 28.4. The number of anilines is 1. The summed E-state index contributed by atoms with van der Waals surface area (Å²) in [5, 5.41) is 0. The maximum Gasteiger partial charge on any atom is 0.261 e. The van der Waals surface area contributed by atoms with Crippen LogP contribution in [-0.2, 0) is 16.6 Å². The first-order valence-electron chi connectivity index (χ1n) is 9.45. The molecule has 0 atom stereocenters. The average molecular weight is 433 g/mol. The van der Waals surface area contributed by atoms with Gasteiger partial charge in [0.25, 0.3) is 15.9 Å². The van der Waals surface area contributed by atoms with E-state index in [0.29, 0.717) is 22.4 Å². The molecule has 1 N–H and O–H groups in total. The summed E-state index contributed by atoms with van der Waals surface area (Å²) in [6.45, 7) is 5.72. The summed E-state index contributed by atoms with van der Waals surface area (Å²) in [5.74, 6) is -0.406. The molecule has 0 radical (unpaired) electrons. The number of rotatable bonds is 6. The van der Waals surface area contributed by atoms with E-state index in [1.54, 1.807) is 36.7 Å². The fourth-order valence-corrected chi connectivity index (χ4v) is 4.52. The highest BCUT2D eigenvalue weighted by molar-refractivity contribution is 7.92. The highest BCUT2D eigenvalue weighted by Crippen LogP contribution is 2.38. The molecule has 0 saturated carbocycles. The lowest BCUT2D eigenvalue weighted by molar-refractivity contribution is 0.0843. The average Bonchev–Trinajstić information content (AvgIpc) is 3.00. The standard InChI is InChI=1S/C23H19N3O4S/c1-15-22-20(23(28)26(15)14-17-5-4-12-24-13-17)6-3-7-21(22)25-31(29,30)19-10-8-18(9-11-19)16(2)27/h3-13,25H,1,14H2,2H3. The molecule has 4 rings (SSSR count). The first-order valence-corrected chi connectivity index (χ1v) is 10.9. The summed E-state index contributed by atoms with van der Waals surface area (Å²) in [7, 11) is -3.94. The Hall–Kier alpha value is -3.78. The van der Waals surface area contributed by atoms with Gasteiger partial charge in [0.15, 0.2) is 5.78 Å². The first-order chi connectivity index (χ1) is 14.8. The van der Waals surface area contributed by atoms with Crippen LogP contribution in [0.25, 0.3) is 5.70 Å². The van der Waals surface area contributed by atoms with Crippen LogP contribution in [0, 0.1) is 0 Å². The van der Waals surface area contributed by atoms with E-state index < -0.39 is 10.0 Å². The maximum absolute atomic E-state index is 12.9. The molecule has 31 heavy (non-hydrogen) atoms. The van der Waals surface area contributed by atoms with Gasteiger partial charge in [-0.1, -0.05) is 30.8 Å². The minimum atomic E-state index is -3.94. The van der Waals surface area contributed by atoms with Gasteiger partial charge in [0, 0.05) is 29.2 Å². The van der Waals surface area contributed by atoms with E-state index in [9.17, 15) is 18.0 Å². The smallest absolute Gasteiger partial charge is 0.261 e. The monoisotopic (exact) mass is 433 g/mol. The lowest BCUT2D eigenvalue weighted by Gasteiger charge is -2.18. The van der Waals surface area contributed by atoms with Gasteiger partial charge in [-0.3, -0.25) is 19.3 Å². The second kappa shape index (κ2) is 7.81. The third-order valence-corrected chi connectivity index (χ3v) is 6.41. The topological polar surface area (TPSA) is 96.4 Å². The van der Waals surface area contributed by atoms with Crippen molar-refractivity contribution >= 4 is 33.1 Å². The van der Waals surface area contributed by atoms with Crippen molar-refractivity contribution in [3.05, 3.63) is 95.8 Å². The Balaban J connectivity index is 1.65. The molecule has 0 aliphatic carbocycles. The molecule has 1 aliphatic heterocycles. The Kier molecular flexibility index (Phi) is 5.16. The first kappa shape index (κ1) is 20.5. The molecular formula is C23H19N3O4S. The van der Waals surface area contributed by atoms with Gasteiger partial charge >= 0.3 is 0 Å². The van der Waals surface area contributed by atoms with Crippen molar-refractivity contribution in [1.82, 2.24) is 9.88 Å². The largest absolute Gasteiger partial charge is 0.304 e. The zero-order chi connectivity index (χ0) is 22.2. The van der Waals surface area contributed by atoms with E-state index in [-0.39, 0.29) is 28.8 Å². The molecule has 156 valence electrons. The molecule has 0 saturated heterocycles. The van der Waals surface area contributed by atoms with Crippen molar-refractivity contribution in [2.45, 2.75) is 18.4 Å². The van der Waals surface area contributed by atoms with Gasteiger partial charge in [0.05, 0.1) is 22.7 Å². The van der Waals surface area contributed by atoms with Crippen molar-refractivity contribution in [1.29, 1.82) is 0 Å². The molecule has 0 spiro atoms. The maximum atomic E-state index is 12.9. The van der Waals surface area contributed by atoms with Crippen molar-refractivity contribution < 1.29 is 18.0 Å². The fourth-order valence-electron chi connectivity index (χ4n) is 3.44. The van der Waals surface area contributed by atoms with Gasteiger partial charge < -0.3 is 4.90 Å². The predicted molar refractivity (Wildman–Crippen MR) is 117 cm³/mol. The number of Topliss-reactive ketones (excluding diaryl/α,β-unsaturated/α-hetero) is 1. The Labute approximate surface area is 180 Å². The van der Waals surface area contributed by atoms with Gasteiger partial charge in [0.1, 0.15) is 0 Å². The van der Waals surface area contributed by atoms with Crippen molar-refractivity contribution in [2.75, 3.05) is 4.72 Å². The van der Waals surface area contributed by atoms with Crippen molar-refractivity contribution in [2.24, 2.45) is 0 Å². The van der Waals surface area contributed by atoms with E-state index in [0.717, 1.165) is 5.56 Å². The van der Waals surface area contributed by atoms with Crippen LogP contribution >= 0.6 is 0 Å². The lowest BCUT2D eigenvalue weighted by atomic mass is 10.1. The number of benzene rings is 2. The summed E-state index contributed by atoms with van der Waals surface area (Å²) in [5.41, 5.74) is 2.75. The molecule has 3 aromatic rings. The number of fused-ring (bicyclic) bond motifs is 1. The van der Waals surface area contributed by atoms with Crippen LogP contribution in [0.2, 0.25) is 0 Å². The lowest BCUT2D eigenvalue weighted by Crippen LogP contribution is -2.22. The zero-order valence-corrected chi connectivity index (χ0v) is 17.5. The molecule has 1 aliphatic rings. The Bertz CT molecular complexity index is 1300. The van der Waals surface area contributed by atoms with Crippen LogP contribution < -0.4 is 4.72 Å². The normalized spacial score (nSPS) is 13.3. The number of carbonyl (C=O) groups is 2. The summed E-state index contributed by atoms with van der Waals surface area (Å²) >= 11 is 0. The number of carbonyl (C=O) groups excluding carboxylic acids is 2. The molecule has 8 heteroatoms. The van der Waals surface area contributed by atoms with E-state index in [2.05, 4.69) is 16.3 Å². The minimum Gasteiger partial charge on any atom is -0.304 e. The Morgan fingerprint density at radius 1 is 1.10 bits per heavy atom. The number of nitrogens with zero attached hydrogens (tertiary/aromatic N) is 2. The minimum absolute atomic E-state index is 0.0113. The van der Waals surface area contributed by atoms with Gasteiger partial charge in [0.2, 0.25) is 0 Å². The molecule has 7 nitrogen and oxygen atoms in total. The highest BCUT2D eigenvalue weighted by Gasteiger charge is 2.34. The molecular weight excluding hydrogens is 414 g/mol. The van der Waals surface area contributed by atoms with Crippen LogP contribution in [0.15, 0.2) is 78.5 Å². The third kappa shape index (κ3) is 3.85. The summed E-state index contributed by atoms with van der Waals surface area (Å²) in [6.07, 6.45) is 3.31. The second-order valence-electron chi connectivity index (χ2n) is 7.11. The molecule has 2 heterocycles. The van der Waals surface area contributed by atoms with Gasteiger partial charge in [-0.2, -0.15) is 0 Å². The zero-order valence-electron chi connectivity index (χ0n) is 16.7. The number of hydrogen-bond donors (Lipinski definition) is 1. The SMILES string of the molecule is C=C1c2c(NS(=O)(=O)c3ccc(C(C)=O)cc3)cccc2C(=O)N1Cc1cccnc1. The number of aromatic nitrogens is 1. The number of amides is 1. The van der Waals surface area contributed by atoms with E-state index in [1.807, 2.05) is 6.07 Å². The molecule has 0 bridgehead atoms. The van der Waals surface area contributed by atoms with Crippen molar-refractivity contribution in [3.63, 3.8) is 0 Å². The van der Waals surface area contributed by atoms with Gasteiger partial charge in [-0.25, -0.2) is 8.42 Å². The van der Waals surface area contributed by atoms with Crippen LogP contribution in [0.5, 0.6) is 0 Å². The van der Waals surface area contributed by atoms with Crippen LogP contribution in [-0.4, -0.2) is 30.0 Å². The second-order valence-corrected chi connectivity index (χ2v) is 8.80.